The second-order valence-electron chi connectivity index (χ2n) is 5.88. The molecule has 0 fully saturated rings. The topological polar surface area (TPSA) is 84.7 Å². The molecule has 3 aromatic rings. The molecule has 0 saturated heterocycles. The van der Waals surface area contributed by atoms with Gasteiger partial charge in [-0.25, -0.2) is 4.98 Å². The summed E-state index contributed by atoms with van der Waals surface area (Å²) in [6.45, 7) is 2.61. The Bertz CT molecular complexity index is 982. The first-order chi connectivity index (χ1) is 12.5. The normalized spacial score (nSPS) is 10.7. The molecule has 1 aromatic carbocycles. The van der Waals surface area contributed by atoms with Crippen LogP contribution in [-0.4, -0.2) is 15.5 Å². The highest BCUT2D eigenvalue weighted by molar-refractivity contribution is 9.10. The van der Waals surface area contributed by atoms with Gasteiger partial charge in [-0.3, -0.25) is 4.79 Å². The minimum Gasteiger partial charge on any atom is -0.366 e. The molecule has 3 rings (SSSR count). The van der Waals surface area contributed by atoms with Crippen LogP contribution in [0.5, 0.6) is 0 Å². The van der Waals surface area contributed by atoms with Crippen LogP contribution in [0.2, 0.25) is 0 Å². The molecule has 0 aliphatic heterocycles. The van der Waals surface area contributed by atoms with E-state index in [2.05, 4.69) is 43.7 Å². The number of hydrogen-bond acceptors (Lipinski definition) is 4. The number of nitriles is 1. The van der Waals surface area contributed by atoms with Crippen molar-refractivity contribution in [3.05, 3.63) is 62.0 Å². The summed E-state index contributed by atoms with van der Waals surface area (Å²) >= 11 is 4.89. The predicted octanol–water partition coefficient (Wildman–Crippen LogP) is 4.09. The molecular formula is C19H17BrN4OS. The van der Waals surface area contributed by atoms with Crippen molar-refractivity contribution in [2.75, 3.05) is 0 Å². The highest BCUT2D eigenvalue weighted by Gasteiger charge is 2.18. The minimum atomic E-state index is -0.446. The first-order valence-electron chi connectivity index (χ1n) is 8.05. The second kappa shape index (κ2) is 7.85. The number of thiazole rings is 1. The van der Waals surface area contributed by atoms with E-state index in [1.807, 2.05) is 24.4 Å². The number of rotatable bonds is 6. The highest BCUT2D eigenvalue weighted by Crippen LogP contribution is 2.28. The van der Waals surface area contributed by atoms with Gasteiger partial charge in [0.15, 0.2) is 0 Å². The molecule has 7 heteroatoms. The Morgan fingerprint density at radius 1 is 1.38 bits per heavy atom. The smallest absolute Gasteiger partial charge is 0.250 e. The van der Waals surface area contributed by atoms with E-state index in [0.29, 0.717) is 12.1 Å². The van der Waals surface area contributed by atoms with Gasteiger partial charge in [0.2, 0.25) is 0 Å². The second-order valence-corrected chi connectivity index (χ2v) is 7.74. The molecule has 26 heavy (non-hydrogen) atoms. The van der Waals surface area contributed by atoms with Crippen molar-refractivity contribution >= 4 is 33.2 Å². The van der Waals surface area contributed by atoms with Crippen molar-refractivity contribution < 1.29 is 4.79 Å². The maximum Gasteiger partial charge on any atom is 0.250 e. The number of hydrogen-bond donors (Lipinski definition) is 1. The van der Waals surface area contributed by atoms with Gasteiger partial charge in [-0.2, -0.15) is 5.26 Å². The Kier molecular flexibility index (Phi) is 5.55. The van der Waals surface area contributed by atoms with Crippen LogP contribution in [-0.2, 0) is 19.4 Å². The zero-order valence-corrected chi connectivity index (χ0v) is 16.6. The minimum absolute atomic E-state index is 0.284. The molecule has 0 radical (unpaired) electrons. The van der Waals surface area contributed by atoms with Gasteiger partial charge >= 0.3 is 0 Å². The third-order valence-electron chi connectivity index (χ3n) is 4.21. The summed E-state index contributed by atoms with van der Waals surface area (Å²) in [6, 6.07) is 12.1. The van der Waals surface area contributed by atoms with Gasteiger partial charge < -0.3 is 10.3 Å². The zero-order valence-electron chi connectivity index (χ0n) is 14.2. The van der Waals surface area contributed by atoms with Gasteiger partial charge in [0.1, 0.15) is 5.01 Å². The molecule has 0 unspecified atom stereocenters. The van der Waals surface area contributed by atoms with Crippen molar-refractivity contribution in [3.63, 3.8) is 0 Å². The molecule has 1 amide bonds. The number of nitrogens with zero attached hydrogens (tertiary/aromatic N) is 3. The Labute approximate surface area is 164 Å². The quantitative estimate of drug-likeness (QED) is 0.641. The third-order valence-corrected chi connectivity index (χ3v) is 5.59. The van der Waals surface area contributed by atoms with Gasteiger partial charge in [-0.1, -0.05) is 28.1 Å². The number of halogens is 1. The maximum atomic E-state index is 11.8. The van der Waals surface area contributed by atoms with Gasteiger partial charge in [-0.05, 0) is 37.1 Å². The average molecular weight is 429 g/mol. The van der Waals surface area contributed by atoms with Crippen LogP contribution in [0.15, 0.2) is 40.2 Å². The first-order valence-corrected chi connectivity index (χ1v) is 9.73. The number of carbonyl (C=O) groups excluding carboxylic acids is 1. The fourth-order valence-electron chi connectivity index (χ4n) is 2.86. The van der Waals surface area contributed by atoms with Crippen LogP contribution in [0.4, 0.5) is 0 Å². The van der Waals surface area contributed by atoms with E-state index >= 15 is 0 Å². The lowest BCUT2D eigenvalue weighted by Crippen LogP contribution is -2.13. The highest BCUT2D eigenvalue weighted by atomic mass is 79.9. The van der Waals surface area contributed by atoms with Crippen LogP contribution in [0, 0.1) is 18.3 Å². The summed E-state index contributed by atoms with van der Waals surface area (Å²) in [5, 5.41) is 11.5. The monoisotopic (exact) mass is 428 g/mol. The van der Waals surface area contributed by atoms with Crippen molar-refractivity contribution in [3.8, 4) is 17.5 Å². The van der Waals surface area contributed by atoms with E-state index in [4.69, 9.17) is 11.0 Å². The molecule has 0 aliphatic carbocycles. The number of carbonyl (C=O) groups is 1. The Morgan fingerprint density at radius 2 is 2.12 bits per heavy atom. The van der Waals surface area contributed by atoms with Gasteiger partial charge in [0, 0.05) is 22.1 Å². The lowest BCUT2D eigenvalue weighted by atomic mass is 10.1. The Morgan fingerprint density at radius 3 is 2.77 bits per heavy atom. The van der Waals surface area contributed by atoms with Crippen LogP contribution in [0.25, 0.3) is 11.4 Å². The molecule has 2 heterocycles. The summed E-state index contributed by atoms with van der Waals surface area (Å²) in [5.74, 6) is -0.446. The fraction of sp³-hybridized carbons (Fsp3) is 0.211. The molecule has 0 saturated carbocycles. The van der Waals surface area contributed by atoms with Gasteiger partial charge in [-0.15, -0.1) is 11.3 Å². The predicted molar refractivity (Wildman–Crippen MR) is 106 cm³/mol. The summed E-state index contributed by atoms with van der Waals surface area (Å²) in [4.78, 5) is 16.3. The van der Waals surface area contributed by atoms with E-state index < -0.39 is 5.91 Å². The van der Waals surface area contributed by atoms with Crippen LogP contribution < -0.4 is 5.73 Å². The summed E-state index contributed by atoms with van der Waals surface area (Å²) in [6.07, 6.45) is 1.11. The number of primary amides is 1. The van der Waals surface area contributed by atoms with E-state index in [0.717, 1.165) is 33.0 Å². The van der Waals surface area contributed by atoms with Crippen molar-refractivity contribution in [2.45, 2.75) is 26.3 Å². The standard InChI is InChI=1S/C19H17BrN4OS/c1-12-15(19(22)25)10-17(16-11-26-18(23-16)6-8-21)24(12)9-7-13-2-4-14(20)5-3-13/h2-5,10-11H,6-7,9H2,1H3,(H2,22,25). The molecule has 0 atom stereocenters. The molecule has 2 N–H and O–H groups in total. The number of benzene rings is 1. The van der Waals surface area contributed by atoms with Crippen molar-refractivity contribution in [2.24, 2.45) is 5.73 Å². The van der Waals surface area contributed by atoms with Gasteiger partial charge in [0.05, 0.1) is 29.4 Å². The molecule has 0 aliphatic rings. The molecular weight excluding hydrogens is 412 g/mol. The van der Waals surface area contributed by atoms with Crippen molar-refractivity contribution in [1.82, 2.24) is 9.55 Å². The van der Waals surface area contributed by atoms with E-state index in [9.17, 15) is 4.79 Å². The number of amides is 1. The zero-order chi connectivity index (χ0) is 18.7. The summed E-state index contributed by atoms with van der Waals surface area (Å²) in [5.41, 5.74) is 9.70. The van der Waals surface area contributed by atoms with E-state index in [1.54, 1.807) is 6.07 Å². The molecule has 2 aromatic heterocycles. The average Bonchev–Trinajstić information content (AvgIpc) is 3.19. The molecule has 5 nitrogen and oxygen atoms in total. The van der Waals surface area contributed by atoms with Gasteiger partial charge in [0.25, 0.3) is 5.91 Å². The largest absolute Gasteiger partial charge is 0.366 e. The lowest BCUT2D eigenvalue weighted by Gasteiger charge is -2.11. The van der Waals surface area contributed by atoms with Crippen molar-refractivity contribution in [1.29, 1.82) is 5.26 Å². The van der Waals surface area contributed by atoms with E-state index in [1.165, 1.54) is 16.9 Å². The van der Waals surface area contributed by atoms with Crippen LogP contribution in [0.1, 0.15) is 26.6 Å². The molecule has 0 bridgehead atoms. The Hall–Kier alpha value is -2.43. The van der Waals surface area contributed by atoms with Crippen LogP contribution >= 0.6 is 27.3 Å². The SMILES string of the molecule is Cc1c(C(N)=O)cc(-c2csc(CC#N)n2)n1CCc1ccc(Br)cc1. The summed E-state index contributed by atoms with van der Waals surface area (Å²) in [7, 11) is 0. The number of nitrogens with two attached hydrogens (primary N) is 1. The maximum absolute atomic E-state index is 11.8. The number of aromatic nitrogens is 2. The van der Waals surface area contributed by atoms with Crippen LogP contribution in [0.3, 0.4) is 0 Å². The van der Waals surface area contributed by atoms with E-state index in [-0.39, 0.29) is 6.42 Å². The fourth-order valence-corrected chi connectivity index (χ4v) is 3.85. The number of aryl methyl sites for hydroxylation is 1. The lowest BCUT2D eigenvalue weighted by molar-refractivity contribution is 0.0999. The molecule has 132 valence electrons. The Balaban J connectivity index is 1.95. The summed E-state index contributed by atoms with van der Waals surface area (Å²) < 4.78 is 3.12. The molecule has 0 spiro atoms. The third kappa shape index (κ3) is 3.87. The first kappa shape index (κ1) is 18.4.